The number of nitrogens with one attached hydrogen (secondary N) is 1. The maximum absolute atomic E-state index is 13.7. The lowest BCUT2D eigenvalue weighted by atomic mass is 10.0. The molecule has 0 aliphatic rings. The van der Waals surface area contributed by atoms with Gasteiger partial charge in [-0.3, -0.25) is 19.0 Å². The highest BCUT2D eigenvalue weighted by Crippen LogP contribution is 2.31. The van der Waals surface area contributed by atoms with E-state index in [9.17, 15) is 14.4 Å². The lowest BCUT2D eigenvalue weighted by Gasteiger charge is -2.19. The lowest BCUT2D eigenvalue weighted by molar-refractivity contribution is -0.118. The number of carbonyl (C=O) groups is 3. The third kappa shape index (κ3) is 4.56. The van der Waals surface area contributed by atoms with Crippen molar-refractivity contribution in [2.24, 2.45) is 0 Å². The number of fused-ring (bicyclic) bond motifs is 1. The van der Waals surface area contributed by atoms with Crippen LogP contribution in [-0.2, 0) is 4.79 Å². The number of aldehydes is 1. The number of hydrogen-bond acceptors (Lipinski definition) is 8. The Morgan fingerprint density at radius 2 is 1.83 bits per heavy atom. The number of anilines is 1. The minimum atomic E-state index is -1.41. The van der Waals surface area contributed by atoms with Crippen molar-refractivity contribution in [2.75, 3.05) is 19.5 Å². The van der Waals surface area contributed by atoms with E-state index in [0.717, 1.165) is 0 Å². The van der Waals surface area contributed by atoms with Crippen LogP contribution in [0, 0.1) is 6.92 Å². The molecule has 0 aliphatic heterocycles. The van der Waals surface area contributed by atoms with Crippen LogP contribution in [0.5, 0.6) is 11.5 Å². The minimum absolute atomic E-state index is 0.182. The molecule has 11 heteroatoms. The van der Waals surface area contributed by atoms with Gasteiger partial charge < -0.3 is 14.8 Å². The van der Waals surface area contributed by atoms with Gasteiger partial charge in [0.15, 0.2) is 29.0 Å². The van der Waals surface area contributed by atoms with Crippen molar-refractivity contribution >= 4 is 46.4 Å². The number of carbonyl (C=O) groups excluding carboxylic acids is 3. The van der Waals surface area contributed by atoms with Gasteiger partial charge in [-0.25, -0.2) is 15.0 Å². The summed E-state index contributed by atoms with van der Waals surface area (Å²) in [6.45, 7) is 1.75. The summed E-state index contributed by atoms with van der Waals surface area (Å²) in [5.74, 6) is -0.501. The predicted molar refractivity (Wildman–Crippen MR) is 128 cm³/mol. The average Bonchev–Trinajstić information content (AvgIpc) is 3.30. The molecule has 1 unspecified atom stereocenters. The first kappa shape index (κ1) is 23.8. The summed E-state index contributed by atoms with van der Waals surface area (Å²) in [4.78, 5) is 51.1. The summed E-state index contributed by atoms with van der Waals surface area (Å²) in [7, 11) is 2.92. The number of benzene rings is 2. The minimum Gasteiger partial charge on any atom is -0.493 e. The molecule has 0 spiro atoms. The van der Waals surface area contributed by atoms with E-state index in [1.165, 1.54) is 61.8 Å². The first-order valence-electron chi connectivity index (χ1n) is 10.3. The van der Waals surface area contributed by atoms with Crippen molar-refractivity contribution in [1.82, 2.24) is 19.5 Å². The van der Waals surface area contributed by atoms with E-state index in [4.69, 9.17) is 21.1 Å². The van der Waals surface area contributed by atoms with Crippen LogP contribution < -0.4 is 14.8 Å². The van der Waals surface area contributed by atoms with Crippen LogP contribution in [0.2, 0.25) is 5.02 Å². The van der Waals surface area contributed by atoms with Gasteiger partial charge in [0.25, 0.3) is 5.91 Å². The zero-order valence-electron chi connectivity index (χ0n) is 19.0. The molecular weight excluding hydrogens is 474 g/mol. The van der Waals surface area contributed by atoms with Crippen molar-refractivity contribution in [2.45, 2.75) is 13.0 Å². The van der Waals surface area contributed by atoms with Gasteiger partial charge in [0, 0.05) is 11.1 Å². The molecule has 4 aromatic rings. The maximum atomic E-state index is 13.7. The molecule has 1 amide bonds. The van der Waals surface area contributed by atoms with Gasteiger partial charge in [0.1, 0.15) is 18.1 Å². The van der Waals surface area contributed by atoms with Crippen LogP contribution in [0.1, 0.15) is 32.5 Å². The molecule has 0 fully saturated rings. The van der Waals surface area contributed by atoms with Crippen LogP contribution in [0.4, 0.5) is 5.69 Å². The second kappa shape index (κ2) is 9.90. The van der Waals surface area contributed by atoms with Crippen molar-refractivity contribution in [1.29, 1.82) is 0 Å². The van der Waals surface area contributed by atoms with Gasteiger partial charge in [-0.1, -0.05) is 17.7 Å². The second-order valence-corrected chi connectivity index (χ2v) is 7.87. The van der Waals surface area contributed by atoms with Gasteiger partial charge in [-0.2, -0.15) is 0 Å². The molecule has 1 N–H and O–H groups in total. The van der Waals surface area contributed by atoms with Crippen molar-refractivity contribution in [3.05, 3.63) is 70.9 Å². The number of amides is 1. The van der Waals surface area contributed by atoms with E-state index in [2.05, 4.69) is 20.3 Å². The number of imidazole rings is 1. The molecule has 0 aliphatic carbocycles. The van der Waals surface area contributed by atoms with E-state index >= 15 is 0 Å². The molecule has 1 atom stereocenters. The third-order valence-electron chi connectivity index (χ3n) is 5.37. The molecule has 0 saturated heterocycles. The molecule has 2 heterocycles. The quantitative estimate of drug-likeness (QED) is 0.224. The Kier molecular flexibility index (Phi) is 6.74. The van der Waals surface area contributed by atoms with Gasteiger partial charge in [0.2, 0.25) is 0 Å². The first-order valence-corrected chi connectivity index (χ1v) is 10.7. The molecule has 2 aromatic carbocycles. The summed E-state index contributed by atoms with van der Waals surface area (Å²) in [6.07, 6.45) is 3.32. The summed E-state index contributed by atoms with van der Waals surface area (Å²) in [5.41, 5.74) is 2.03. The lowest BCUT2D eigenvalue weighted by Crippen LogP contribution is -2.32. The fourth-order valence-electron chi connectivity index (χ4n) is 3.59. The van der Waals surface area contributed by atoms with Crippen LogP contribution in [0.15, 0.2) is 49.1 Å². The molecule has 35 heavy (non-hydrogen) atoms. The van der Waals surface area contributed by atoms with E-state index < -0.39 is 17.7 Å². The fraction of sp³-hybridized carbons (Fsp3) is 0.167. The Labute approximate surface area is 204 Å². The average molecular weight is 494 g/mol. The van der Waals surface area contributed by atoms with Gasteiger partial charge >= 0.3 is 0 Å². The normalized spacial score (nSPS) is 11.7. The number of hydrogen-bond donors (Lipinski definition) is 1. The molecular formula is C24H20ClN5O5. The Morgan fingerprint density at radius 3 is 2.54 bits per heavy atom. The third-order valence-corrected chi connectivity index (χ3v) is 5.70. The molecule has 4 rings (SSSR count). The number of methoxy groups -OCH3 is 2. The van der Waals surface area contributed by atoms with Crippen molar-refractivity contribution in [3.63, 3.8) is 0 Å². The smallest absolute Gasteiger partial charge is 0.255 e. The molecule has 0 radical (unpaired) electrons. The van der Waals surface area contributed by atoms with Gasteiger partial charge in [-0.05, 0) is 37.3 Å². The standard InChI is InChI=1S/C24H20ClN5O5/c1-13-20-23(27-11-26-13)30(12-28-20)21(22(32)15-5-7-18(34-2)19(9-15)35-3)24(33)29-17-8-14(10-31)4-6-16(17)25/h4-12,21H,1-3H3,(H,29,33). The monoisotopic (exact) mass is 493 g/mol. The van der Waals surface area contributed by atoms with E-state index in [0.29, 0.717) is 40.2 Å². The largest absolute Gasteiger partial charge is 0.493 e. The maximum Gasteiger partial charge on any atom is 0.255 e. The number of nitrogens with zero attached hydrogens (tertiary/aromatic N) is 4. The zero-order valence-corrected chi connectivity index (χ0v) is 19.7. The van der Waals surface area contributed by atoms with Crippen LogP contribution >= 0.6 is 11.6 Å². The number of ketones is 1. The van der Waals surface area contributed by atoms with E-state index in [-0.39, 0.29) is 16.3 Å². The number of rotatable bonds is 8. The highest BCUT2D eigenvalue weighted by Gasteiger charge is 2.32. The summed E-state index contributed by atoms with van der Waals surface area (Å²) in [5, 5.41) is 2.86. The van der Waals surface area contributed by atoms with E-state index in [1.807, 2.05) is 0 Å². The Hall–Kier alpha value is -4.31. The number of aryl methyl sites for hydroxylation is 1. The Morgan fingerprint density at radius 1 is 1.06 bits per heavy atom. The van der Waals surface area contributed by atoms with Gasteiger partial charge in [-0.15, -0.1) is 0 Å². The topological polar surface area (TPSA) is 125 Å². The van der Waals surface area contributed by atoms with E-state index in [1.54, 1.807) is 13.0 Å². The number of ether oxygens (including phenoxy) is 2. The SMILES string of the molecule is COc1ccc(C(=O)C(C(=O)Nc2cc(C=O)ccc2Cl)n2cnc3c(C)ncnc32)cc1OC. The molecule has 0 saturated carbocycles. The summed E-state index contributed by atoms with van der Waals surface area (Å²) in [6, 6.07) is 7.59. The van der Waals surface area contributed by atoms with Gasteiger partial charge in [0.05, 0.1) is 37.0 Å². The molecule has 0 bridgehead atoms. The highest BCUT2D eigenvalue weighted by atomic mass is 35.5. The first-order chi connectivity index (χ1) is 16.9. The predicted octanol–water partition coefficient (Wildman–Crippen LogP) is 3.68. The van der Waals surface area contributed by atoms with Crippen molar-refractivity contribution in [3.8, 4) is 11.5 Å². The number of halogens is 1. The molecule has 10 nitrogen and oxygen atoms in total. The fourth-order valence-corrected chi connectivity index (χ4v) is 3.75. The highest BCUT2D eigenvalue weighted by molar-refractivity contribution is 6.34. The number of Topliss-reactive ketones (excluding diaryl/α,β-unsaturated/α-hetero) is 1. The van der Waals surface area contributed by atoms with Crippen LogP contribution in [-0.4, -0.2) is 51.7 Å². The van der Waals surface area contributed by atoms with Crippen LogP contribution in [0.3, 0.4) is 0 Å². The second-order valence-electron chi connectivity index (χ2n) is 7.47. The summed E-state index contributed by atoms with van der Waals surface area (Å²) < 4.78 is 11.9. The summed E-state index contributed by atoms with van der Waals surface area (Å²) >= 11 is 6.23. The number of aromatic nitrogens is 4. The van der Waals surface area contributed by atoms with Crippen molar-refractivity contribution < 1.29 is 23.9 Å². The Bertz CT molecular complexity index is 1450. The molecule has 178 valence electrons. The van der Waals surface area contributed by atoms with Crippen LogP contribution in [0.25, 0.3) is 11.2 Å². The molecule has 2 aromatic heterocycles. The zero-order chi connectivity index (χ0) is 25.1. The Balaban J connectivity index is 1.82.